The summed E-state index contributed by atoms with van der Waals surface area (Å²) in [6.07, 6.45) is 3.09. The van der Waals surface area contributed by atoms with Gasteiger partial charge in [0.05, 0.1) is 38.8 Å². The van der Waals surface area contributed by atoms with Crippen LogP contribution in [0.25, 0.3) is 0 Å². The molecule has 26 nitrogen and oxygen atoms in total. The zero-order valence-electron chi connectivity index (χ0n) is 41.9. The zero-order chi connectivity index (χ0) is 54.3. The topological polar surface area (TPSA) is 427 Å². The third kappa shape index (κ3) is 27.5. The van der Waals surface area contributed by atoms with E-state index < -0.39 is 134 Å². The number of nitrogens with two attached hydrogens (primary N) is 3. The third-order valence-corrected chi connectivity index (χ3v) is 10.5. The van der Waals surface area contributed by atoms with E-state index in [0.29, 0.717) is 50.8 Å². The number of aromatic hydroxyl groups is 1. The van der Waals surface area contributed by atoms with Gasteiger partial charge in [0.15, 0.2) is 0 Å². The fourth-order valence-corrected chi connectivity index (χ4v) is 6.66. The Morgan fingerprint density at radius 1 is 0.472 bits per heavy atom. The Hall–Kier alpha value is -6.93. The number of carbonyl (C=O) groups excluding carboxylic acids is 10. The smallest absolute Gasteiger partial charge is 0.326 e. The van der Waals surface area contributed by atoms with Crippen molar-refractivity contribution < 1.29 is 63.0 Å². The molecular formula is C46H77N13O13. The summed E-state index contributed by atoms with van der Waals surface area (Å²) < 4.78 is 0. The number of unbranched alkanes of at least 4 members (excludes halogenated alkanes) is 2. The molecule has 0 bridgehead atoms. The Bertz CT molecular complexity index is 1970. The van der Waals surface area contributed by atoms with Crippen LogP contribution in [0.3, 0.4) is 0 Å². The lowest BCUT2D eigenvalue weighted by molar-refractivity contribution is -0.142. The van der Waals surface area contributed by atoms with Gasteiger partial charge in [-0.05, 0) is 94.5 Å². The van der Waals surface area contributed by atoms with Crippen molar-refractivity contribution in [1.82, 2.24) is 53.2 Å². The summed E-state index contributed by atoms with van der Waals surface area (Å²) in [7, 11) is 0. The van der Waals surface area contributed by atoms with Crippen LogP contribution in [0.1, 0.15) is 91.5 Å². The van der Waals surface area contributed by atoms with E-state index in [0.717, 1.165) is 0 Å². The third-order valence-electron chi connectivity index (χ3n) is 10.5. The van der Waals surface area contributed by atoms with Crippen LogP contribution in [-0.4, -0.2) is 157 Å². The minimum Gasteiger partial charge on any atom is -0.508 e. The van der Waals surface area contributed by atoms with Crippen molar-refractivity contribution in [3.05, 3.63) is 29.8 Å². The predicted molar refractivity (Wildman–Crippen MR) is 263 cm³/mol. The summed E-state index contributed by atoms with van der Waals surface area (Å²) in [6.45, 7) is 6.32. The highest BCUT2D eigenvalue weighted by Gasteiger charge is 2.29. The summed E-state index contributed by atoms with van der Waals surface area (Å²) in [5.74, 6) is -8.82. The van der Waals surface area contributed by atoms with Crippen LogP contribution in [0, 0.1) is 11.8 Å². The fraction of sp³-hybridized carbons (Fsp3) is 0.630. The number of hydrogen-bond donors (Lipinski definition) is 15. The fourth-order valence-electron chi connectivity index (χ4n) is 6.66. The van der Waals surface area contributed by atoms with Crippen LogP contribution in [0.15, 0.2) is 24.3 Å². The Morgan fingerprint density at radius 3 is 1.38 bits per heavy atom. The van der Waals surface area contributed by atoms with Gasteiger partial charge >= 0.3 is 5.97 Å². The molecule has 0 unspecified atom stereocenters. The maximum absolute atomic E-state index is 13.3. The number of phenolic OH excluding ortho intramolecular Hbond substituents is 1. The molecule has 0 heterocycles. The van der Waals surface area contributed by atoms with Crippen molar-refractivity contribution >= 4 is 65.0 Å². The van der Waals surface area contributed by atoms with Crippen molar-refractivity contribution in [2.45, 2.75) is 129 Å². The number of carboxylic acids is 1. The predicted octanol–water partition coefficient (Wildman–Crippen LogP) is -4.28. The Kier molecular flexibility index (Phi) is 30.1. The average Bonchev–Trinajstić information content (AvgIpc) is 3.31. The zero-order valence-corrected chi connectivity index (χ0v) is 41.9. The number of aliphatic carboxylic acids is 1. The van der Waals surface area contributed by atoms with Gasteiger partial charge in [-0.25, -0.2) is 4.79 Å². The molecule has 1 rings (SSSR count). The van der Waals surface area contributed by atoms with Crippen molar-refractivity contribution in [1.29, 1.82) is 0 Å². The van der Waals surface area contributed by atoms with Crippen LogP contribution < -0.4 is 70.4 Å². The maximum atomic E-state index is 13.3. The summed E-state index contributed by atoms with van der Waals surface area (Å²) >= 11 is 0. The van der Waals surface area contributed by atoms with Crippen molar-refractivity contribution in [3.8, 4) is 5.75 Å². The Morgan fingerprint density at radius 2 is 0.889 bits per heavy atom. The normalized spacial score (nSPS) is 13.4. The number of rotatable bonds is 35. The molecule has 404 valence electrons. The highest BCUT2D eigenvalue weighted by molar-refractivity contribution is 5.96. The van der Waals surface area contributed by atoms with E-state index in [1.165, 1.54) is 19.1 Å². The van der Waals surface area contributed by atoms with Gasteiger partial charge in [-0.1, -0.05) is 46.2 Å². The van der Waals surface area contributed by atoms with Gasteiger partial charge < -0.3 is 80.6 Å². The van der Waals surface area contributed by atoms with Crippen LogP contribution in [0.2, 0.25) is 0 Å². The lowest BCUT2D eigenvalue weighted by atomic mass is 10.0. The number of benzene rings is 1. The number of nitrogens with one attached hydrogen (secondary N) is 10. The van der Waals surface area contributed by atoms with Crippen molar-refractivity contribution in [3.63, 3.8) is 0 Å². The minimum atomic E-state index is -1.23. The highest BCUT2D eigenvalue weighted by Crippen LogP contribution is 2.13. The van der Waals surface area contributed by atoms with Crippen LogP contribution in [0.4, 0.5) is 0 Å². The molecule has 0 saturated carbocycles. The number of hydrogen-bond acceptors (Lipinski definition) is 15. The molecule has 0 aliphatic rings. The molecule has 0 aromatic heterocycles. The van der Waals surface area contributed by atoms with E-state index in [9.17, 15) is 63.0 Å². The van der Waals surface area contributed by atoms with Crippen LogP contribution in [0.5, 0.6) is 5.75 Å². The van der Waals surface area contributed by atoms with Gasteiger partial charge in [-0.3, -0.25) is 47.9 Å². The molecule has 0 spiro atoms. The Labute approximate surface area is 419 Å². The quantitative estimate of drug-likeness (QED) is 0.0286. The average molecular weight is 1020 g/mol. The lowest BCUT2D eigenvalue weighted by Crippen LogP contribution is -2.55. The SMILES string of the molecule is CC(C)C[C@H](NC(=O)CNC(=O)[C@H](Cc1ccc(O)cc1)NC(=O)[C@@H](N)CCCCN)C(=O)NCC(=O)NCC(=O)N[C@@H](C)C(=O)NCC(=O)NCC(=O)N[C@@H](CC(C)C)C(=O)N[C@@H](CCCCN)C(=O)O. The number of carboxylic acid groups (broad SMARTS) is 1. The minimum absolute atomic E-state index is 0.000776. The van der Waals surface area contributed by atoms with E-state index in [-0.39, 0.29) is 43.3 Å². The second-order valence-corrected chi connectivity index (χ2v) is 18.0. The second kappa shape index (κ2) is 34.4. The highest BCUT2D eigenvalue weighted by atomic mass is 16.4. The van der Waals surface area contributed by atoms with Crippen molar-refractivity contribution in [2.24, 2.45) is 29.0 Å². The summed E-state index contributed by atoms with van der Waals surface area (Å²) in [4.78, 5) is 140. The lowest BCUT2D eigenvalue weighted by Gasteiger charge is -2.23. The van der Waals surface area contributed by atoms with Crippen molar-refractivity contribution in [2.75, 3.05) is 45.8 Å². The maximum Gasteiger partial charge on any atom is 0.326 e. The molecule has 0 fully saturated rings. The first-order valence-corrected chi connectivity index (χ1v) is 24.0. The second-order valence-electron chi connectivity index (χ2n) is 18.0. The molecular weight excluding hydrogens is 943 g/mol. The summed E-state index contributed by atoms with van der Waals surface area (Å²) in [5.41, 5.74) is 17.6. The molecule has 10 amide bonds. The largest absolute Gasteiger partial charge is 0.508 e. The van der Waals surface area contributed by atoms with Gasteiger partial charge in [-0.2, -0.15) is 0 Å². The standard InChI is InChI=1S/C46H77N13O13/c1-26(2)18-33(56-40(65)25-54-44(69)35(20-29-12-14-30(60)15-13-29)59-42(67)31(49)10-6-8-16-47)43(68)53-22-37(62)50-23-38(63)55-28(5)41(66)52-21-36(61)51-24-39(64)57-34(19-27(3)4)45(70)58-32(46(71)72)11-7-9-17-48/h12-15,26-28,31-35,60H,6-11,16-25,47-49H2,1-5H3,(H,50,62)(H,51,61)(H,52,66)(H,53,68)(H,54,69)(H,55,63)(H,56,65)(H,57,64)(H,58,70)(H,59,67)(H,71,72)/t28-,31-,32-,33-,34-,35-/m0/s1. The number of amides is 10. The molecule has 18 N–H and O–H groups in total. The van der Waals surface area contributed by atoms with Gasteiger partial charge in [0.1, 0.15) is 36.0 Å². The van der Waals surface area contributed by atoms with Crippen LogP contribution in [-0.2, 0) is 59.2 Å². The van der Waals surface area contributed by atoms with E-state index in [1.807, 2.05) is 0 Å². The monoisotopic (exact) mass is 1020 g/mol. The number of carbonyl (C=O) groups is 11. The summed E-state index contributed by atoms with van der Waals surface area (Å²) in [6, 6.07) is -0.703. The van der Waals surface area contributed by atoms with E-state index in [1.54, 1.807) is 39.8 Å². The molecule has 0 aliphatic heterocycles. The van der Waals surface area contributed by atoms with E-state index >= 15 is 0 Å². The van der Waals surface area contributed by atoms with Gasteiger partial charge in [-0.15, -0.1) is 0 Å². The molecule has 0 saturated heterocycles. The first-order chi connectivity index (χ1) is 33.9. The number of phenols is 1. The molecule has 0 aliphatic carbocycles. The first-order valence-electron chi connectivity index (χ1n) is 24.0. The van der Waals surface area contributed by atoms with Gasteiger partial charge in [0.25, 0.3) is 0 Å². The summed E-state index contributed by atoms with van der Waals surface area (Å²) in [5, 5.41) is 43.3. The molecule has 26 heteroatoms. The van der Waals surface area contributed by atoms with E-state index in [4.69, 9.17) is 17.2 Å². The van der Waals surface area contributed by atoms with Gasteiger partial charge in [0.2, 0.25) is 59.1 Å². The van der Waals surface area contributed by atoms with Crippen LogP contribution >= 0.6 is 0 Å². The molecule has 1 aromatic rings. The molecule has 72 heavy (non-hydrogen) atoms. The first kappa shape index (κ1) is 63.1. The van der Waals surface area contributed by atoms with E-state index in [2.05, 4.69) is 53.2 Å². The van der Waals surface area contributed by atoms with Gasteiger partial charge in [0, 0.05) is 6.42 Å². The molecule has 6 atom stereocenters. The molecule has 0 radical (unpaired) electrons. The Balaban J connectivity index is 2.63. The molecule has 1 aromatic carbocycles.